The Morgan fingerprint density at radius 3 is 2.79 bits per heavy atom. The summed E-state index contributed by atoms with van der Waals surface area (Å²) in [5.74, 6) is 0. The summed E-state index contributed by atoms with van der Waals surface area (Å²) in [5.41, 5.74) is -0.217. The van der Waals surface area contributed by atoms with Crippen LogP contribution in [0.15, 0.2) is 10.5 Å². The molecule has 0 fully saturated rings. The summed E-state index contributed by atoms with van der Waals surface area (Å²) in [7, 11) is 0. The average molecular weight is 281 g/mol. The number of halogens is 4. The fraction of sp³-hybridized carbons (Fsp3) is 0.250. The summed E-state index contributed by atoms with van der Waals surface area (Å²) in [6.45, 7) is 0. The van der Waals surface area contributed by atoms with Crippen LogP contribution in [-0.4, -0.2) is 4.98 Å². The quantitative estimate of drug-likeness (QED) is 0.832. The van der Waals surface area contributed by atoms with Crippen molar-refractivity contribution in [1.82, 2.24) is 4.98 Å². The Morgan fingerprint density at radius 2 is 2.29 bits per heavy atom. The highest BCUT2D eigenvalue weighted by molar-refractivity contribution is 9.10. The van der Waals surface area contributed by atoms with Crippen molar-refractivity contribution in [2.45, 2.75) is 12.8 Å². The predicted octanol–water partition coefficient (Wildman–Crippen LogP) is 3.50. The number of hydrogen-bond donors (Lipinski definition) is 0. The van der Waals surface area contributed by atoms with Gasteiger partial charge in [-0.05, 0) is 22.0 Å². The van der Waals surface area contributed by atoms with Crippen molar-refractivity contribution in [1.29, 1.82) is 5.26 Å². The van der Waals surface area contributed by atoms with Gasteiger partial charge in [-0.1, -0.05) is 11.6 Å². The van der Waals surface area contributed by atoms with Crippen molar-refractivity contribution in [2.24, 2.45) is 0 Å². The molecule has 0 saturated heterocycles. The lowest BCUT2D eigenvalue weighted by Gasteiger charge is -2.05. The zero-order valence-electron chi connectivity index (χ0n) is 6.77. The number of pyridine rings is 1. The summed E-state index contributed by atoms with van der Waals surface area (Å²) >= 11 is 8.76. The lowest BCUT2D eigenvalue weighted by atomic mass is 10.2. The van der Waals surface area contributed by atoms with Crippen LogP contribution in [0.4, 0.5) is 8.78 Å². The minimum absolute atomic E-state index is 0.0853. The van der Waals surface area contributed by atoms with Crippen molar-refractivity contribution in [3.63, 3.8) is 0 Å². The molecular formula is C8H4BrClF2N2. The van der Waals surface area contributed by atoms with Gasteiger partial charge in [0.2, 0.25) is 0 Å². The van der Waals surface area contributed by atoms with Gasteiger partial charge in [0, 0.05) is 4.47 Å². The molecular weight excluding hydrogens is 277 g/mol. The molecule has 0 spiro atoms. The molecule has 2 nitrogen and oxygen atoms in total. The highest BCUT2D eigenvalue weighted by Crippen LogP contribution is 2.29. The topological polar surface area (TPSA) is 36.7 Å². The number of nitrogens with zero attached hydrogens (tertiary/aromatic N) is 2. The van der Waals surface area contributed by atoms with Crippen molar-refractivity contribution >= 4 is 27.5 Å². The molecule has 1 aromatic rings. The first-order chi connectivity index (χ1) is 6.56. The summed E-state index contributed by atoms with van der Waals surface area (Å²) in [6.07, 6.45) is -2.75. The van der Waals surface area contributed by atoms with Gasteiger partial charge in [0.05, 0.1) is 23.2 Å². The molecule has 1 heterocycles. The Morgan fingerprint density at radius 1 is 1.64 bits per heavy atom. The van der Waals surface area contributed by atoms with Crippen molar-refractivity contribution in [3.05, 3.63) is 26.9 Å². The Labute approximate surface area is 92.6 Å². The van der Waals surface area contributed by atoms with Crippen LogP contribution in [-0.2, 0) is 6.42 Å². The van der Waals surface area contributed by atoms with Crippen LogP contribution < -0.4 is 0 Å². The Balaban J connectivity index is 3.22. The summed E-state index contributed by atoms with van der Waals surface area (Å²) in [5, 5.41) is 8.62. The molecule has 1 rings (SSSR count). The van der Waals surface area contributed by atoms with Crippen LogP contribution in [0.2, 0.25) is 5.02 Å². The maximum atomic E-state index is 12.3. The highest BCUT2D eigenvalue weighted by Gasteiger charge is 2.14. The number of alkyl halides is 2. The SMILES string of the molecule is N#CCc1nc(C(F)F)cc(Br)c1Cl. The second-order valence-electron chi connectivity index (χ2n) is 2.43. The Kier molecular flexibility index (Phi) is 3.78. The van der Waals surface area contributed by atoms with Gasteiger partial charge in [-0.25, -0.2) is 13.8 Å². The molecule has 0 amide bonds. The van der Waals surface area contributed by atoms with Gasteiger partial charge in [0.15, 0.2) is 0 Å². The van der Waals surface area contributed by atoms with Crippen molar-refractivity contribution in [3.8, 4) is 6.07 Å². The maximum absolute atomic E-state index is 12.3. The molecule has 0 atom stereocenters. The highest BCUT2D eigenvalue weighted by atomic mass is 79.9. The molecule has 0 unspecified atom stereocenters. The van der Waals surface area contributed by atoms with Crippen LogP contribution in [0.3, 0.4) is 0 Å². The van der Waals surface area contributed by atoms with Crippen LogP contribution in [0, 0.1) is 11.3 Å². The largest absolute Gasteiger partial charge is 0.280 e. The maximum Gasteiger partial charge on any atom is 0.280 e. The monoisotopic (exact) mass is 280 g/mol. The molecule has 0 bridgehead atoms. The third kappa shape index (κ3) is 2.40. The van der Waals surface area contributed by atoms with E-state index in [2.05, 4.69) is 20.9 Å². The van der Waals surface area contributed by atoms with Crippen molar-refractivity contribution in [2.75, 3.05) is 0 Å². The lowest BCUT2D eigenvalue weighted by Crippen LogP contribution is -1.97. The average Bonchev–Trinajstić information content (AvgIpc) is 2.12. The van der Waals surface area contributed by atoms with E-state index < -0.39 is 6.43 Å². The molecule has 0 aliphatic heterocycles. The molecule has 6 heteroatoms. The fourth-order valence-corrected chi connectivity index (χ4v) is 1.50. The normalized spacial score (nSPS) is 10.3. The van der Waals surface area contributed by atoms with E-state index in [-0.39, 0.29) is 22.8 Å². The standard InChI is InChI=1S/C8H4BrClF2N2/c9-4-3-6(8(11)12)14-5(1-2-13)7(4)10/h3,8H,1H2. The van der Waals surface area contributed by atoms with E-state index in [4.69, 9.17) is 16.9 Å². The minimum Gasteiger partial charge on any atom is -0.249 e. The van der Waals surface area contributed by atoms with Gasteiger partial charge in [0.1, 0.15) is 5.69 Å². The van der Waals surface area contributed by atoms with E-state index in [1.807, 2.05) is 0 Å². The second-order valence-corrected chi connectivity index (χ2v) is 3.66. The van der Waals surface area contributed by atoms with Gasteiger partial charge in [0.25, 0.3) is 6.43 Å². The summed E-state index contributed by atoms with van der Waals surface area (Å²) in [6, 6.07) is 2.95. The first-order valence-corrected chi connectivity index (χ1v) is 4.73. The second kappa shape index (κ2) is 4.67. The first kappa shape index (κ1) is 11.3. The molecule has 74 valence electrons. The molecule has 0 saturated carbocycles. The van der Waals surface area contributed by atoms with Gasteiger partial charge < -0.3 is 0 Å². The molecule has 0 aliphatic rings. The van der Waals surface area contributed by atoms with Crippen molar-refractivity contribution < 1.29 is 8.78 Å². The first-order valence-electron chi connectivity index (χ1n) is 3.56. The molecule has 0 aliphatic carbocycles. The van der Waals surface area contributed by atoms with E-state index in [0.717, 1.165) is 6.07 Å². The summed E-state index contributed by atoms with van der Waals surface area (Å²) < 4.78 is 24.9. The van der Waals surface area contributed by atoms with Gasteiger partial charge >= 0.3 is 0 Å². The van der Waals surface area contributed by atoms with Crippen LogP contribution in [0.25, 0.3) is 0 Å². The fourth-order valence-electron chi connectivity index (χ4n) is 0.872. The third-order valence-corrected chi connectivity index (χ3v) is 2.75. The van der Waals surface area contributed by atoms with Crippen LogP contribution in [0.1, 0.15) is 17.8 Å². The molecule has 1 aromatic heterocycles. The molecule has 14 heavy (non-hydrogen) atoms. The molecule has 0 aromatic carbocycles. The number of aromatic nitrogens is 1. The minimum atomic E-state index is -2.67. The van der Waals surface area contributed by atoms with Crippen LogP contribution in [0.5, 0.6) is 0 Å². The molecule has 0 radical (unpaired) electrons. The number of nitriles is 1. The number of hydrogen-bond acceptors (Lipinski definition) is 2. The molecule has 0 N–H and O–H groups in total. The van der Waals surface area contributed by atoms with E-state index in [1.54, 1.807) is 6.07 Å². The summed E-state index contributed by atoms with van der Waals surface area (Å²) in [4.78, 5) is 3.59. The number of rotatable bonds is 2. The Bertz CT molecular complexity index is 390. The van der Waals surface area contributed by atoms with Gasteiger partial charge in [-0.3, -0.25) is 0 Å². The lowest BCUT2D eigenvalue weighted by molar-refractivity contribution is 0.146. The van der Waals surface area contributed by atoms with E-state index in [1.165, 1.54) is 0 Å². The van der Waals surface area contributed by atoms with E-state index in [9.17, 15) is 8.78 Å². The van der Waals surface area contributed by atoms with E-state index in [0.29, 0.717) is 4.47 Å². The van der Waals surface area contributed by atoms with Crippen LogP contribution >= 0.6 is 27.5 Å². The van der Waals surface area contributed by atoms with E-state index >= 15 is 0 Å². The Hall–Kier alpha value is -0.730. The zero-order valence-corrected chi connectivity index (χ0v) is 9.11. The smallest absolute Gasteiger partial charge is 0.249 e. The predicted molar refractivity (Wildman–Crippen MR) is 51.2 cm³/mol. The third-order valence-electron chi connectivity index (χ3n) is 1.47. The zero-order chi connectivity index (χ0) is 10.7. The van der Waals surface area contributed by atoms with Gasteiger partial charge in [-0.2, -0.15) is 5.26 Å². The van der Waals surface area contributed by atoms with Gasteiger partial charge in [-0.15, -0.1) is 0 Å².